The molecule has 0 saturated carbocycles. The fourth-order valence-electron chi connectivity index (χ4n) is 1.39. The van der Waals surface area contributed by atoms with E-state index in [0.717, 1.165) is 29.6 Å². The van der Waals surface area contributed by atoms with Crippen LogP contribution in [0.4, 0.5) is 4.39 Å². The molecule has 0 spiro atoms. The zero-order valence-corrected chi connectivity index (χ0v) is 12.0. The van der Waals surface area contributed by atoms with Crippen LogP contribution in [0.25, 0.3) is 0 Å². The van der Waals surface area contributed by atoms with E-state index in [4.69, 9.17) is 0 Å². The molecule has 2 aromatic rings. The Morgan fingerprint density at radius 3 is 2.68 bits per heavy atom. The number of hydrogen-bond acceptors (Lipinski definition) is 5. The second-order valence-corrected chi connectivity index (χ2v) is 4.80. The van der Waals surface area contributed by atoms with Crippen LogP contribution < -0.4 is 5.32 Å². The first kappa shape index (κ1) is 15.9. The Morgan fingerprint density at radius 2 is 2.05 bits per heavy atom. The summed E-state index contributed by atoms with van der Waals surface area (Å²) in [6.45, 7) is 1.58. The number of benzene rings is 1. The van der Waals surface area contributed by atoms with Gasteiger partial charge in [-0.2, -0.15) is 0 Å². The summed E-state index contributed by atoms with van der Waals surface area (Å²) in [5, 5.41) is 15.3. The summed E-state index contributed by atoms with van der Waals surface area (Å²) in [6, 6.07) is 6.50. The molecule has 5 nitrogen and oxygen atoms in total. The molecule has 0 bridgehead atoms. The van der Waals surface area contributed by atoms with Crippen molar-refractivity contribution in [3.05, 3.63) is 35.6 Å². The Balaban J connectivity index is 0.00000180. The molecule has 0 radical (unpaired) electrons. The standard InChI is InChI=1S/C11H14FN5S.ClH/c1-17-11(14-15-16-17)18-7-6-13-8-9-2-4-10(12)5-3-9;/h2-5,13H,6-8H2,1H3;1H. The van der Waals surface area contributed by atoms with Gasteiger partial charge in [-0.15, -0.1) is 17.5 Å². The number of hydrogen-bond donors (Lipinski definition) is 1. The van der Waals surface area contributed by atoms with Crippen molar-refractivity contribution >= 4 is 24.2 Å². The molecule has 8 heteroatoms. The minimum Gasteiger partial charge on any atom is -0.312 e. The second kappa shape index (κ2) is 8.08. The predicted octanol–water partition coefficient (Wildman–Crippen LogP) is 1.65. The summed E-state index contributed by atoms with van der Waals surface area (Å²) in [7, 11) is 1.81. The Bertz CT molecular complexity index is 490. The van der Waals surface area contributed by atoms with Crippen LogP contribution in [0.1, 0.15) is 5.56 Å². The highest BCUT2D eigenvalue weighted by Gasteiger charge is 2.01. The fraction of sp³-hybridized carbons (Fsp3) is 0.364. The normalized spacial score (nSPS) is 10.2. The van der Waals surface area contributed by atoms with Crippen LogP contribution in [0.15, 0.2) is 29.4 Å². The zero-order chi connectivity index (χ0) is 12.8. The van der Waals surface area contributed by atoms with Gasteiger partial charge < -0.3 is 5.32 Å². The molecule has 0 unspecified atom stereocenters. The summed E-state index contributed by atoms with van der Waals surface area (Å²) in [5.74, 6) is 0.680. The SMILES string of the molecule is Cl.Cn1nnnc1SCCNCc1ccc(F)cc1. The Kier molecular flexibility index (Phi) is 6.75. The second-order valence-electron chi connectivity index (χ2n) is 3.74. The van der Waals surface area contributed by atoms with Crippen LogP contribution in [0.5, 0.6) is 0 Å². The lowest BCUT2D eigenvalue weighted by atomic mass is 10.2. The highest BCUT2D eigenvalue weighted by atomic mass is 35.5. The van der Waals surface area contributed by atoms with Crippen LogP contribution >= 0.6 is 24.2 Å². The average Bonchev–Trinajstić information content (AvgIpc) is 2.77. The monoisotopic (exact) mass is 303 g/mol. The summed E-state index contributed by atoms with van der Waals surface area (Å²) < 4.78 is 14.3. The molecule has 0 aliphatic heterocycles. The van der Waals surface area contributed by atoms with Crippen molar-refractivity contribution in [2.45, 2.75) is 11.7 Å². The lowest BCUT2D eigenvalue weighted by Crippen LogP contribution is -2.16. The zero-order valence-electron chi connectivity index (χ0n) is 10.4. The number of rotatable bonds is 6. The van der Waals surface area contributed by atoms with Gasteiger partial charge in [0.1, 0.15) is 5.82 Å². The average molecular weight is 304 g/mol. The lowest BCUT2D eigenvalue weighted by Gasteiger charge is -2.04. The maximum atomic E-state index is 12.7. The number of thioether (sulfide) groups is 1. The molecule has 1 heterocycles. The third kappa shape index (κ3) is 5.14. The highest BCUT2D eigenvalue weighted by Crippen LogP contribution is 2.10. The van der Waals surface area contributed by atoms with Gasteiger partial charge in [-0.3, -0.25) is 0 Å². The van der Waals surface area contributed by atoms with Gasteiger partial charge in [-0.25, -0.2) is 9.07 Å². The molecular formula is C11H15ClFN5S. The van der Waals surface area contributed by atoms with Crippen molar-refractivity contribution in [1.29, 1.82) is 0 Å². The van der Waals surface area contributed by atoms with Gasteiger partial charge in [-0.05, 0) is 28.1 Å². The molecule has 0 aliphatic carbocycles. The Morgan fingerprint density at radius 1 is 1.32 bits per heavy atom. The topological polar surface area (TPSA) is 55.6 Å². The van der Waals surface area contributed by atoms with E-state index in [1.807, 2.05) is 7.05 Å². The van der Waals surface area contributed by atoms with E-state index in [1.165, 1.54) is 12.1 Å². The summed E-state index contributed by atoms with van der Waals surface area (Å²) in [5.41, 5.74) is 1.07. The minimum atomic E-state index is -0.205. The molecule has 1 aromatic carbocycles. The van der Waals surface area contributed by atoms with E-state index in [0.29, 0.717) is 0 Å². The lowest BCUT2D eigenvalue weighted by molar-refractivity contribution is 0.625. The third-order valence-corrected chi connectivity index (χ3v) is 3.35. The third-order valence-electron chi connectivity index (χ3n) is 2.33. The first-order valence-corrected chi connectivity index (χ1v) is 6.54. The van der Waals surface area contributed by atoms with Crippen LogP contribution in [0.3, 0.4) is 0 Å². The molecule has 0 aliphatic rings. The van der Waals surface area contributed by atoms with Crippen molar-refractivity contribution in [2.75, 3.05) is 12.3 Å². The van der Waals surface area contributed by atoms with Crippen LogP contribution in [0, 0.1) is 5.82 Å². The number of halogens is 2. The van der Waals surface area contributed by atoms with Crippen molar-refractivity contribution in [3.63, 3.8) is 0 Å². The summed E-state index contributed by atoms with van der Waals surface area (Å²) >= 11 is 1.60. The Labute approximate surface area is 121 Å². The van der Waals surface area contributed by atoms with Crippen LogP contribution in [0.2, 0.25) is 0 Å². The van der Waals surface area contributed by atoms with E-state index >= 15 is 0 Å². The Hall–Kier alpha value is -1.18. The minimum absolute atomic E-state index is 0. The molecule has 0 saturated heterocycles. The maximum Gasteiger partial charge on any atom is 0.209 e. The highest BCUT2D eigenvalue weighted by molar-refractivity contribution is 7.99. The van der Waals surface area contributed by atoms with Gasteiger partial charge >= 0.3 is 0 Å². The number of aromatic nitrogens is 4. The van der Waals surface area contributed by atoms with E-state index in [9.17, 15) is 4.39 Å². The number of tetrazole rings is 1. The molecule has 0 amide bonds. The van der Waals surface area contributed by atoms with Gasteiger partial charge in [0.05, 0.1) is 0 Å². The molecule has 1 N–H and O–H groups in total. The fourth-order valence-corrected chi connectivity index (χ4v) is 2.14. The van der Waals surface area contributed by atoms with E-state index < -0.39 is 0 Å². The smallest absolute Gasteiger partial charge is 0.209 e. The molecule has 104 valence electrons. The summed E-state index contributed by atoms with van der Waals surface area (Å²) in [6.07, 6.45) is 0. The number of nitrogens with zero attached hydrogens (tertiary/aromatic N) is 4. The first-order valence-electron chi connectivity index (χ1n) is 5.56. The molecule has 0 atom stereocenters. The quantitative estimate of drug-likeness (QED) is 0.649. The van der Waals surface area contributed by atoms with Crippen LogP contribution in [-0.2, 0) is 13.6 Å². The van der Waals surface area contributed by atoms with Gasteiger partial charge in [0, 0.05) is 25.9 Å². The number of aryl methyl sites for hydroxylation is 1. The predicted molar refractivity (Wildman–Crippen MR) is 74.9 cm³/mol. The largest absolute Gasteiger partial charge is 0.312 e. The molecule has 2 rings (SSSR count). The van der Waals surface area contributed by atoms with E-state index in [2.05, 4.69) is 20.8 Å². The number of nitrogens with one attached hydrogen (secondary N) is 1. The van der Waals surface area contributed by atoms with Gasteiger partial charge in [0.2, 0.25) is 5.16 Å². The molecule has 1 aromatic heterocycles. The molecule has 19 heavy (non-hydrogen) atoms. The van der Waals surface area contributed by atoms with Gasteiger partial charge in [0.15, 0.2) is 0 Å². The van der Waals surface area contributed by atoms with Crippen molar-refractivity contribution in [2.24, 2.45) is 7.05 Å². The molecule has 0 fully saturated rings. The van der Waals surface area contributed by atoms with Gasteiger partial charge in [-0.1, -0.05) is 23.9 Å². The first-order chi connectivity index (χ1) is 8.75. The maximum absolute atomic E-state index is 12.7. The van der Waals surface area contributed by atoms with Crippen molar-refractivity contribution < 1.29 is 4.39 Å². The summed E-state index contributed by atoms with van der Waals surface area (Å²) in [4.78, 5) is 0. The molecular weight excluding hydrogens is 289 g/mol. The van der Waals surface area contributed by atoms with E-state index in [-0.39, 0.29) is 18.2 Å². The van der Waals surface area contributed by atoms with Crippen molar-refractivity contribution in [1.82, 2.24) is 25.5 Å². The van der Waals surface area contributed by atoms with Crippen molar-refractivity contribution in [3.8, 4) is 0 Å². The van der Waals surface area contributed by atoms with E-state index in [1.54, 1.807) is 28.6 Å². The van der Waals surface area contributed by atoms with Crippen LogP contribution in [-0.4, -0.2) is 32.5 Å². The van der Waals surface area contributed by atoms with Gasteiger partial charge in [0.25, 0.3) is 0 Å².